The maximum absolute atomic E-state index is 14.5. The van der Waals surface area contributed by atoms with Crippen LogP contribution >= 0.6 is 24.0 Å². The molecule has 2 aliphatic heterocycles. The Morgan fingerprint density at radius 3 is 2.38 bits per heavy atom. The molecule has 2 fully saturated rings. The first-order chi connectivity index (χ1) is 19.3. The number of nitriles is 1. The molecule has 212 valence electrons. The molecule has 40 heavy (non-hydrogen) atoms. The molecule has 0 unspecified atom stereocenters. The standard InChI is InChI=1S/C30H36FN5O2S2/c1-4-6-7-10-14-36-29(38)26(40-30(36)39)19-22-21(3)23(20-32)28(37)35(13-5-2)27(22)34-17-15-33(16-18-34)25-12-9-8-11-24(25)31/h8-9,11-12,19H,4-7,10,13-18H2,1-3H3/b26-19+. The first-order valence-electron chi connectivity index (χ1n) is 14.0. The van der Waals surface area contributed by atoms with Crippen molar-refractivity contribution in [2.45, 2.75) is 59.4 Å². The second kappa shape index (κ2) is 13.5. The number of nitrogens with zero attached hydrogens (tertiary/aromatic N) is 5. The van der Waals surface area contributed by atoms with Crippen LogP contribution < -0.4 is 15.4 Å². The molecule has 1 amide bonds. The zero-order chi connectivity index (χ0) is 28.8. The maximum atomic E-state index is 14.5. The van der Waals surface area contributed by atoms with E-state index in [-0.39, 0.29) is 22.8 Å². The van der Waals surface area contributed by atoms with Gasteiger partial charge in [0.2, 0.25) is 0 Å². The van der Waals surface area contributed by atoms with Crippen LogP contribution in [0, 0.1) is 24.1 Å². The predicted octanol–water partition coefficient (Wildman–Crippen LogP) is 5.69. The number of thioether (sulfide) groups is 1. The van der Waals surface area contributed by atoms with Crippen LogP contribution in [0.1, 0.15) is 62.6 Å². The summed E-state index contributed by atoms with van der Waals surface area (Å²) < 4.78 is 16.7. The number of piperazine rings is 1. The molecule has 0 aliphatic carbocycles. The van der Waals surface area contributed by atoms with Gasteiger partial charge in [-0.1, -0.05) is 69.2 Å². The van der Waals surface area contributed by atoms with Crippen LogP contribution in [0.25, 0.3) is 6.08 Å². The van der Waals surface area contributed by atoms with E-state index in [1.54, 1.807) is 28.5 Å². The number of carbonyl (C=O) groups excluding carboxylic acids is 1. The van der Waals surface area contributed by atoms with Crippen LogP contribution in [0.4, 0.5) is 15.9 Å². The Balaban J connectivity index is 1.72. The van der Waals surface area contributed by atoms with Gasteiger partial charge in [-0.05, 0) is 43.5 Å². The minimum atomic E-state index is -0.325. The Hall–Kier alpha value is -3.16. The van der Waals surface area contributed by atoms with E-state index in [4.69, 9.17) is 12.2 Å². The van der Waals surface area contributed by atoms with Crippen LogP contribution in [0.5, 0.6) is 0 Å². The molecule has 1 aromatic heterocycles. The number of anilines is 2. The fourth-order valence-electron chi connectivity index (χ4n) is 5.30. The highest BCUT2D eigenvalue weighted by Gasteiger charge is 2.33. The van der Waals surface area contributed by atoms with Gasteiger partial charge in [-0.25, -0.2) is 4.39 Å². The summed E-state index contributed by atoms with van der Waals surface area (Å²) in [4.78, 5) is 33.2. The number of hydrogen-bond acceptors (Lipinski definition) is 7. The lowest BCUT2D eigenvalue weighted by atomic mass is 10.0. The number of hydrogen-bond donors (Lipinski definition) is 0. The van der Waals surface area contributed by atoms with Gasteiger partial charge >= 0.3 is 0 Å². The molecule has 0 bridgehead atoms. The van der Waals surface area contributed by atoms with Crippen molar-refractivity contribution in [1.82, 2.24) is 9.47 Å². The zero-order valence-electron chi connectivity index (χ0n) is 23.4. The second-order valence-electron chi connectivity index (χ2n) is 10.1. The number of carbonyl (C=O) groups is 1. The quantitative estimate of drug-likeness (QED) is 0.203. The Morgan fingerprint density at radius 1 is 1.02 bits per heavy atom. The lowest BCUT2D eigenvalue weighted by Crippen LogP contribution is -2.49. The summed E-state index contributed by atoms with van der Waals surface area (Å²) in [6.45, 7) is 9.19. The molecule has 2 aliphatic rings. The van der Waals surface area contributed by atoms with Gasteiger partial charge in [0.25, 0.3) is 11.5 Å². The first-order valence-corrected chi connectivity index (χ1v) is 15.2. The van der Waals surface area contributed by atoms with Crippen LogP contribution in [0.3, 0.4) is 0 Å². The van der Waals surface area contributed by atoms with Gasteiger partial charge < -0.3 is 9.80 Å². The molecule has 3 heterocycles. The maximum Gasteiger partial charge on any atom is 0.270 e. The van der Waals surface area contributed by atoms with Crippen LogP contribution in [-0.4, -0.2) is 52.4 Å². The highest BCUT2D eigenvalue weighted by Crippen LogP contribution is 2.36. The number of rotatable bonds is 10. The minimum absolute atomic E-state index is 0.0866. The number of thiocarbonyl (C=S) groups is 1. The average Bonchev–Trinajstić information content (AvgIpc) is 3.22. The molecule has 2 aromatic rings. The monoisotopic (exact) mass is 581 g/mol. The van der Waals surface area contributed by atoms with E-state index < -0.39 is 0 Å². The highest BCUT2D eigenvalue weighted by molar-refractivity contribution is 8.26. The normalized spacial score (nSPS) is 16.8. The van der Waals surface area contributed by atoms with Crippen molar-refractivity contribution in [2.75, 3.05) is 42.5 Å². The van der Waals surface area contributed by atoms with Gasteiger partial charge in [-0.15, -0.1) is 0 Å². The number of aromatic nitrogens is 1. The number of benzene rings is 1. The van der Waals surface area contributed by atoms with E-state index in [0.29, 0.717) is 77.5 Å². The van der Waals surface area contributed by atoms with Crippen LogP contribution in [0.15, 0.2) is 34.0 Å². The second-order valence-corrected chi connectivity index (χ2v) is 11.8. The first kappa shape index (κ1) is 29.8. The van der Waals surface area contributed by atoms with Crippen LogP contribution in [-0.2, 0) is 11.3 Å². The van der Waals surface area contributed by atoms with E-state index in [9.17, 15) is 19.2 Å². The highest BCUT2D eigenvalue weighted by atomic mass is 32.2. The van der Waals surface area contributed by atoms with E-state index in [2.05, 4.69) is 17.9 Å². The molecular weight excluding hydrogens is 545 g/mol. The van der Waals surface area contributed by atoms with Crippen molar-refractivity contribution < 1.29 is 9.18 Å². The van der Waals surface area contributed by atoms with Gasteiger partial charge in [0.1, 0.15) is 27.6 Å². The van der Waals surface area contributed by atoms with Crippen molar-refractivity contribution in [3.8, 4) is 6.07 Å². The molecule has 0 radical (unpaired) electrons. The van der Waals surface area contributed by atoms with Crippen LogP contribution in [0.2, 0.25) is 0 Å². The number of amides is 1. The molecule has 7 nitrogen and oxygen atoms in total. The van der Waals surface area contributed by atoms with E-state index >= 15 is 0 Å². The van der Waals surface area contributed by atoms with E-state index in [1.807, 2.05) is 24.0 Å². The summed E-state index contributed by atoms with van der Waals surface area (Å²) in [7, 11) is 0. The van der Waals surface area contributed by atoms with Crippen molar-refractivity contribution in [2.24, 2.45) is 0 Å². The van der Waals surface area contributed by atoms with Gasteiger partial charge in [0, 0.05) is 44.8 Å². The van der Waals surface area contributed by atoms with E-state index in [1.165, 1.54) is 17.8 Å². The van der Waals surface area contributed by atoms with Gasteiger partial charge in [-0.3, -0.25) is 19.1 Å². The number of unbranched alkanes of at least 4 members (excludes halogenated alkanes) is 3. The van der Waals surface area contributed by atoms with Crippen molar-refractivity contribution in [3.05, 3.63) is 62.0 Å². The molecule has 2 saturated heterocycles. The fraction of sp³-hybridized carbons (Fsp3) is 0.467. The molecular formula is C30H36FN5O2S2. The number of halogens is 1. The molecule has 0 spiro atoms. The fourth-order valence-corrected chi connectivity index (χ4v) is 6.59. The average molecular weight is 582 g/mol. The van der Waals surface area contributed by atoms with E-state index in [0.717, 1.165) is 25.7 Å². The zero-order valence-corrected chi connectivity index (χ0v) is 25.0. The topological polar surface area (TPSA) is 72.6 Å². The third-order valence-electron chi connectivity index (χ3n) is 7.45. The summed E-state index contributed by atoms with van der Waals surface area (Å²) in [5.41, 5.74) is 1.57. The molecule has 1 aromatic carbocycles. The molecule has 10 heteroatoms. The van der Waals surface area contributed by atoms with Crippen molar-refractivity contribution in [1.29, 1.82) is 5.26 Å². The number of pyridine rings is 1. The lowest BCUT2D eigenvalue weighted by molar-refractivity contribution is -0.122. The smallest absolute Gasteiger partial charge is 0.270 e. The SMILES string of the molecule is CCCCCCN1C(=O)/C(=C\c2c(C)c(C#N)c(=O)n(CCC)c2N2CCN(c3ccccc3F)CC2)SC1=S. The Morgan fingerprint density at radius 2 is 1.73 bits per heavy atom. The number of para-hydroxylation sites is 1. The summed E-state index contributed by atoms with van der Waals surface area (Å²) in [6.07, 6.45) is 6.68. The molecule has 0 saturated carbocycles. The lowest BCUT2D eigenvalue weighted by Gasteiger charge is -2.39. The molecule has 4 rings (SSSR count). The summed E-state index contributed by atoms with van der Waals surface area (Å²) in [5, 5.41) is 9.90. The summed E-state index contributed by atoms with van der Waals surface area (Å²) in [5.74, 6) is 0.309. The molecule has 0 atom stereocenters. The van der Waals surface area contributed by atoms with Crippen molar-refractivity contribution >= 4 is 51.8 Å². The minimum Gasteiger partial charge on any atom is -0.366 e. The summed E-state index contributed by atoms with van der Waals surface area (Å²) >= 11 is 6.83. The summed E-state index contributed by atoms with van der Waals surface area (Å²) in [6, 6.07) is 8.84. The Kier molecular flexibility index (Phi) is 10.0. The van der Waals surface area contributed by atoms with Gasteiger partial charge in [-0.2, -0.15) is 5.26 Å². The van der Waals surface area contributed by atoms with Crippen molar-refractivity contribution in [3.63, 3.8) is 0 Å². The van der Waals surface area contributed by atoms with Gasteiger partial charge in [0.15, 0.2) is 0 Å². The predicted molar refractivity (Wildman–Crippen MR) is 165 cm³/mol. The Bertz CT molecular complexity index is 1410. The van der Waals surface area contributed by atoms with Gasteiger partial charge in [0.05, 0.1) is 10.6 Å². The third-order valence-corrected chi connectivity index (χ3v) is 8.83. The Labute approximate surface area is 245 Å². The molecule has 0 N–H and O–H groups in total. The third kappa shape index (κ3) is 6.11. The largest absolute Gasteiger partial charge is 0.366 e.